The van der Waals surface area contributed by atoms with E-state index in [9.17, 15) is 33.9 Å². The number of hydrogen-bond donors (Lipinski definition) is 5. The summed E-state index contributed by atoms with van der Waals surface area (Å²) in [5.74, 6) is -1.12. The third-order valence-corrected chi connectivity index (χ3v) is 11.6. The van der Waals surface area contributed by atoms with Gasteiger partial charge in [0.25, 0.3) is 0 Å². The van der Waals surface area contributed by atoms with Gasteiger partial charge < -0.3 is 36.2 Å². The van der Waals surface area contributed by atoms with E-state index in [1.165, 1.54) is 42.8 Å². The number of aliphatic hydroxyl groups excluding tert-OH is 1. The Hall–Kier alpha value is -2.87. The van der Waals surface area contributed by atoms with Crippen molar-refractivity contribution < 1.29 is 33.9 Å². The number of hydrogen-bond acceptors (Lipinski definition) is 8. The maximum absolute atomic E-state index is 14.1. The summed E-state index contributed by atoms with van der Waals surface area (Å²) in [7, 11) is 0. The van der Waals surface area contributed by atoms with E-state index in [4.69, 9.17) is 0 Å². The van der Waals surface area contributed by atoms with Crippen molar-refractivity contribution in [1.82, 2.24) is 31.1 Å². The second-order valence-electron chi connectivity index (χ2n) is 15.5. The van der Waals surface area contributed by atoms with Gasteiger partial charge in [-0.1, -0.05) is 59.8 Å². The molecule has 52 heavy (non-hydrogen) atoms. The van der Waals surface area contributed by atoms with Crippen LogP contribution in [0.5, 0.6) is 0 Å². The third-order valence-electron chi connectivity index (χ3n) is 11.0. The van der Waals surface area contributed by atoms with Crippen LogP contribution in [0.2, 0.25) is 0 Å². The fourth-order valence-electron chi connectivity index (χ4n) is 7.83. The summed E-state index contributed by atoms with van der Waals surface area (Å²) in [5.41, 5.74) is 0. The lowest BCUT2D eigenvalue weighted by Gasteiger charge is -2.39. The molecule has 0 aromatic carbocycles. The molecule has 1 aliphatic carbocycles. The molecule has 0 unspecified atom stereocenters. The Balaban J connectivity index is 1.71. The molecule has 13 nitrogen and oxygen atoms in total. The fourth-order valence-corrected chi connectivity index (χ4v) is 8.30. The van der Waals surface area contributed by atoms with Crippen LogP contribution in [0.3, 0.4) is 0 Å². The SMILES string of the molecule is CCCNC(=O)[C@@H](NC(=O)[C@@H]1CCCN1C(=O)[C@H](CCSC)NC(=O)[C@@H]1CCCCN1C(=O)[C@@H](NC(=O)C[C@H](C)C1CCCCC1)C(C)C)[C@@H](C)O. The second-order valence-corrected chi connectivity index (χ2v) is 16.4. The minimum absolute atomic E-state index is 0.142. The zero-order chi connectivity index (χ0) is 38.4. The molecular weight excluding hydrogens is 685 g/mol. The Bertz CT molecular complexity index is 1210. The van der Waals surface area contributed by atoms with Gasteiger partial charge in [-0.2, -0.15) is 11.8 Å². The third kappa shape index (κ3) is 12.3. The Morgan fingerprint density at radius 3 is 1.96 bits per heavy atom. The molecule has 0 aromatic rings. The zero-order valence-electron chi connectivity index (χ0n) is 32.4. The van der Waals surface area contributed by atoms with E-state index >= 15 is 0 Å². The van der Waals surface area contributed by atoms with Gasteiger partial charge in [0.15, 0.2) is 0 Å². The molecule has 0 radical (unpaired) electrons. The summed E-state index contributed by atoms with van der Waals surface area (Å²) < 4.78 is 0. The Kier molecular flexibility index (Phi) is 18.2. The molecule has 0 aromatic heterocycles. The summed E-state index contributed by atoms with van der Waals surface area (Å²) in [5, 5.41) is 21.6. The molecule has 6 amide bonds. The minimum atomic E-state index is -1.17. The van der Waals surface area contributed by atoms with Gasteiger partial charge in [-0.3, -0.25) is 28.8 Å². The normalized spacial score (nSPS) is 22.5. The van der Waals surface area contributed by atoms with Gasteiger partial charge in [-0.25, -0.2) is 0 Å². The molecule has 0 spiro atoms. The van der Waals surface area contributed by atoms with Gasteiger partial charge in [0.05, 0.1) is 6.10 Å². The number of amides is 6. The molecule has 0 bridgehead atoms. The predicted octanol–water partition coefficient (Wildman–Crippen LogP) is 2.74. The van der Waals surface area contributed by atoms with Crippen LogP contribution in [0, 0.1) is 17.8 Å². The lowest BCUT2D eigenvalue weighted by atomic mass is 9.79. The molecule has 2 saturated heterocycles. The van der Waals surface area contributed by atoms with Crippen LogP contribution >= 0.6 is 11.8 Å². The Morgan fingerprint density at radius 2 is 1.35 bits per heavy atom. The quantitative estimate of drug-likeness (QED) is 0.142. The van der Waals surface area contributed by atoms with Crippen LogP contribution in [0.15, 0.2) is 0 Å². The van der Waals surface area contributed by atoms with E-state index in [0.29, 0.717) is 69.8 Å². The van der Waals surface area contributed by atoms with Gasteiger partial charge in [0, 0.05) is 26.1 Å². The van der Waals surface area contributed by atoms with Crippen LogP contribution in [0.4, 0.5) is 0 Å². The summed E-state index contributed by atoms with van der Waals surface area (Å²) in [6.45, 7) is 10.3. The standard InChI is InChI=1S/C38H66N6O7S/c1-7-19-39-36(49)33(26(5)45)42-35(48)30-17-13-21-43(30)37(50)28(18-22-52-6)40-34(47)29-16-11-12-20-44(29)38(51)32(24(2)3)41-31(46)23-25(4)27-14-9-8-10-15-27/h24-30,32-33,45H,7-23H2,1-6H3,(H,39,49)(H,40,47)(H,41,46)(H,42,48)/t25-,26+,28-,29-,30-,32-,33-/m0/s1. The summed E-state index contributed by atoms with van der Waals surface area (Å²) in [4.78, 5) is 84.6. The van der Waals surface area contributed by atoms with Gasteiger partial charge in [0.2, 0.25) is 35.4 Å². The van der Waals surface area contributed by atoms with E-state index in [1.807, 2.05) is 27.0 Å². The van der Waals surface area contributed by atoms with Crippen molar-refractivity contribution in [2.45, 2.75) is 154 Å². The first-order valence-corrected chi connectivity index (χ1v) is 21.2. The van der Waals surface area contributed by atoms with Crippen molar-refractivity contribution in [2.75, 3.05) is 31.6 Å². The molecule has 7 atom stereocenters. The number of nitrogens with one attached hydrogen (secondary N) is 4. The average Bonchev–Trinajstić information content (AvgIpc) is 3.63. The molecule has 2 heterocycles. The van der Waals surface area contributed by atoms with Crippen molar-refractivity contribution in [3.63, 3.8) is 0 Å². The van der Waals surface area contributed by atoms with Crippen LogP contribution in [-0.2, 0) is 28.8 Å². The monoisotopic (exact) mass is 750 g/mol. The number of likely N-dealkylation sites (tertiary alicyclic amines) is 2. The summed E-state index contributed by atoms with van der Waals surface area (Å²) in [6, 6.07) is -4.51. The highest BCUT2D eigenvalue weighted by molar-refractivity contribution is 7.98. The first-order valence-electron chi connectivity index (χ1n) is 19.8. The van der Waals surface area contributed by atoms with E-state index < -0.39 is 59.9 Å². The van der Waals surface area contributed by atoms with Crippen LogP contribution in [0.25, 0.3) is 0 Å². The van der Waals surface area contributed by atoms with Gasteiger partial charge in [-0.05, 0) is 81.6 Å². The highest BCUT2D eigenvalue weighted by Gasteiger charge is 2.42. The molecule has 3 aliphatic rings. The molecule has 1 saturated carbocycles. The van der Waals surface area contributed by atoms with Crippen molar-refractivity contribution in [2.24, 2.45) is 17.8 Å². The number of carbonyl (C=O) groups excluding carboxylic acids is 6. The largest absolute Gasteiger partial charge is 0.391 e. The molecule has 3 rings (SSSR count). The van der Waals surface area contributed by atoms with E-state index in [-0.39, 0.29) is 23.7 Å². The first kappa shape index (κ1) is 43.5. The first-order chi connectivity index (χ1) is 24.8. The van der Waals surface area contributed by atoms with Crippen molar-refractivity contribution in [3.8, 4) is 0 Å². The number of nitrogens with zero attached hydrogens (tertiary/aromatic N) is 2. The van der Waals surface area contributed by atoms with Gasteiger partial charge in [0.1, 0.15) is 30.2 Å². The van der Waals surface area contributed by atoms with Crippen molar-refractivity contribution in [3.05, 3.63) is 0 Å². The molecule has 2 aliphatic heterocycles. The molecule has 296 valence electrons. The number of carbonyl (C=O) groups is 6. The lowest BCUT2D eigenvalue weighted by molar-refractivity contribution is -0.147. The lowest BCUT2D eigenvalue weighted by Crippen LogP contribution is -2.61. The zero-order valence-corrected chi connectivity index (χ0v) is 33.2. The van der Waals surface area contributed by atoms with Gasteiger partial charge >= 0.3 is 0 Å². The molecule has 14 heteroatoms. The second kappa shape index (κ2) is 21.7. The van der Waals surface area contributed by atoms with Crippen LogP contribution in [-0.4, -0.2) is 118 Å². The van der Waals surface area contributed by atoms with Crippen LogP contribution < -0.4 is 21.3 Å². The molecule has 5 N–H and O–H groups in total. The topological polar surface area (TPSA) is 177 Å². The number of thioether (sulfide) groups is 1. The maximum atomic E-state index is 14.1. The highest BCUT2D eigenvalue weighted by Crippen LogP contribution is 2.31. The minimum Gasteiger partial charge on any atom is -0.391 e. The predicted molar refractivity (Wildman–Crippen MR) is 203 cm³/mol. The van der Waals surface area contributed by atoms with E-state index in [0.717, 1.165) is 25.7 Å². The number of piperidine rings is 1. The highest BCUT2D eigenvalue weighted by atomic mass is 32.2. The average molecular weight is 751 g/mol. The fraction of sp³-hybridized carbons (Fsp3) is 0.842. The summed E-state index contributed by atoms with van der Waals surface area (Å²) in [6.07, 6.45) is 10.9. The van der Waals surface area contributed by atoms with Crippen molar-refractivity contribution >= 4 is 47.2 Å². The molecular formula is C38H66N6O7S. The maximum Gasteiger partial charge on any atom is 0.246 e. The van der Waals surface area contributed by atoms with Crippen LogP contribution in [0.1, 0.15) is 118 Å². The molecule has 3 fully saturated rings. The smallest absolute Gasteiger partial charge is 0.246 e. The Labute approximate surface area is 315 Å². The number of rotatable bonds is 18. The van der Waals surface area contributed by atoms with E-state index in [2.05, 4.69) is 28.2 Å². The Morgan fingerprint density at radius 1 is 0.750 bits per heavy atom. The number of aliphatic hydroxyl groups is 1. The van der Waals surface area contributed by atoms with Gasteiger partial charge in [-0.15, -0.1) is 0 Å². The summed E-state index contributed by atoms with van der Waals surface area (Å²) >= 11 is 1.53. The van der Waals surface area contributed by atoms with Crippen molar-refractivity contribution in [1.29, 1.82) is 0 Å². The van der Waals surface area contributed by atoms with E-state index in [1.54, 1.807) is 4.90 Å².